The van der Waals surface area contributed by atoms with Gasteiger partial charge in [-0.2, -0.15) is 0 Å². The van der Waals surface area contributed by atoms with Gasteiger partial charge in [0.25, 0.3) is 0 Å². The average molecular weight is 993 g/mol. The lowest BCUT2D eigenvalue weighted by Gasteiger charge is -2.29. The SMILES string of the molecule is CC(C)CCCCCCC[C@@H]1CC(=O)N[C@@H](CCC(N)=O)C(=O)N[C@@H](CC(C)C)C(=O)N[C@H](CC(C)C)C(=O)N[C@@H](C(C)C)C(=O)N[C@@H](CC(=O)O)C(=O)N[C@@H](CC(C)C)C(=O)N[C@@H](C(C)C)C(=O)O1. The van der Waals surface area contributed by atoms with Crippen molar-refractivity contribution < 1.29 is 57.8 Å². The summed E-state index contributed by atoms with van der Waals surface area (Å²) < 4.78 is 6.00. The number of primary amides is 1. The Balaban J connectivity index is 3.97. The van der Waals surface area contributed by atoms with Crippen molar-refractivity contribution in [3.05, 3.63) is 0 Å². The molecule has 20 heteroatoms. The summed E-state index contributed by atoms with van der Waals surface area (Å²) in [7, 11) is 0. The van der Waals surface area contributed by atoms with E-state index in [-0.39, 0.29) is 56.3 Å². The molecule has 8 atom stereocenters. The van der Waals surface area contributed by atoms with Gasteiger partial charge < -0.3 is 52.8 Å². The van der Waals surface area contributed by atoms with Crippen LogP contribution in [0, 0.1) is 35.5 Å². The third-order valence-corrected chi connectivity index (χ3v) is 11.8. The third kappa shape index (κ3) is 25.0. The fraction of sp³-hybridized carbons (Fsp3) is 0.800. The predicted molar refractivity (Wildman–Crippen MR) is 264 cm³/mol. The molecule has 1 saturated heterocycles. The van der Waals surface area contributed by atoms with E-state index < -0.39 is 132 Å². The monoisotopic (exact) mass is 993 g/mol. The highest BCUT2D eigenvalue weighted by atomic mass is 16.5. The zero-order valence-corrected chi connectivity index (χ0v) is 44.0. The first-order chi connectivity index (χ1) is 32.6. The maximum absolute atomic E-state index is 14.1. The molecule has 10 N–H and O–H groups in total. The van der Waals surface area contributed by atoms with E-state index in [9.17, 15) is 53.1 Å². The van der Waals surface area contributed by atoms with E-state index >= 15 is 0 Å². The first-order valence-electron chi connectivity index (χ1n) is 25.4. The van der Waals surface area contributed by atoms with Crippen LogP contribution in [0.15, 0.2) is 0 Å². The minimum Gasteiger partial charge on any atom is -0.481 e. The van der Waals surface area contributed by atoms with Crippen LogP contribution in [0.4, 0.5) is 0 Å². The van der Waals surface area contributed by atoms with Crippen LogP contribution < -0.4 is 43.0 Å². The van der Waals surface area contributed by atoms with E-state index in [1.54, 1.807) is 41.5 Å². The lowest BCUT2D eigenvalue weighted by molar-refractivity contribution is -0.156. The van der Waals surface area contributed by atoms with Crippen LogP contribution in [-0.4, -0.2) is 113 Å². The Hall–Kier alpha value is -5.30. The Morgan fingerprint density at radius 2 is 0.929 bits per heavy atom. The number of rotatable bonds is 21. The zero-order chi connectivity index (χ0) is 53.4. The Morgan fingerprint density at radius 3 is 1.37 bits per heavy atom. The second-order valence-corrected chi connectivity index (χ2v) is 21.3. The van der Waals surface area contributed by atoms with Gasteiger partial charge in [-0.15, -0.1) is 0 Å². The van der Waals surface area contributed by atoms with Crippen LogP contribution in [0.3, 0.4) is 0 Å². The molecule has 0 radical (unpaired) electrons. The third-order valence-electron chi connectivity index (χ3n) is 11.8. The number of ether oxygens (including phenoxy) is 1. The maximum atomic E-state index is 14.1. The summed E-state index contributed by atoms with van der Waals surface area (Å²) in [5, 5.41) is 28.3. The van der Waals surface area contributed by atoms with E-state index in [1.165, 1.54) is 0 Å². The number of carboxylic acid groups (broad SMARTS) is 1. The quantitative estimate of drug-likeness (QED) is 0.0592. The molecular formula is C50H88N8O12. The number of nitrogens with one attached hydrogen (secondary N) is 7. The molecule has 0 aromatic rings. The van der Waals surface area contributed by atoms with Crippen LogP contribution in [0.2, 0.25) is 0 Å². The molecular weight excluding hydrogens is 905 g/mol. The molecule has 0 aliphatic carbocycles. The smallest absolute Gasteiger partial charge is 0.329 e. The molecule has 1 aliphatic heterocycles. The minimum absolute atomic E-state index is 0.0430. The lowest BCUT2D eigenvalue weighted by Crippen LogP contribution is -2.61. The Morgan fingerprint density at radius 1 is 0.514 bits per heavy atom. The summed E-state index contributed by atoms with van der Waals surface area (Å²) in [6.45, 7) is 21.7. The van der Waals surface area contributed by atoms with Crippen molar-refractivity contribution in [2.24, 2.45) is 41.2 Å². The van der Waals surface area contributed by atoms with Crippen LogP contribution in [0.5, 0.6) is 0 Å². The molecule has 8 amide bonds. The molecule has 1 aliphatic rings. The largest absolute Gasteiger partial charge is 0.481 e. The van der Waals surface area contributed by atoms with E-state index in [0.29, 0.717) is 12.3 Å². The predicted octanol–water partition coefficient (Wildman–Crippen LogP) is 3.27. The van der Waals surface area contributed by atoms with Gasteiger partial charge in [-0.25, -0.2) is 4.79 Å². The normalized spacial score (nSPS) is 24.5. The highest BCUT2D eigenvalue weighted by molar-refractivity contribution is 5.98. The molecule has 0 aromatic carbocycles. The van der Waals surface area contributed by atoms with Crippen molar-refractivity contribution in [3.8, 4) is 0 Å². The van der Waals surface area contributed by atoms with E-state index in [0.717, 1.165) is 32.1 Å². The molecule has 0 unspecified atom stereocenters. The molecule has 1 fully saturated rings. The highest BCUT2D eigenvalue weighted by Crippen LogP contribution is 2.19. The second kappa shape index (κ2) is 31.8. The standard InChI is InChI=1S/C50H88N8O12/c1-27(2)18-16-14-13-15-17-19-33-25-40(60)52-34(20-21-39(51)59)44(63)53-35(22-28(3)4)45(64)54-36(23-29(5)6)47(66)57-42(31(9)10)49(68)56-38(26-41(61)62)46(65)55-37(24-30(7)8)48(67)58-43(32(11)12)50(69)70-33/h27-38,42-43H,13-26H2,1-12H3,(H2,51,59)(H,52,60)(H,53,63)(H,54,64)(H,55,65)(H,56,68)(H,57,66)(H,58,67)(H,61,62)/t33-,34+,35+,36-,37+,38+,42+,43+/m1/s1. The molecule has 1 heterocycles. The number of nitrogens with two attached hydrogens (primary N) is 1. The van der Waals surface area contributed by atoms with E-state index in [1.807, 2.05) is 27.7 Å². The molecule has 0 spiro atoms. The lowest BCUT2D eigenvalue weighted by atomic mass is 9.98. The summed E-state index contributed by atoms with van der Waals surface area (Å²) in [5.41, 5.74) is 5.47. The molecule has 1 rings (SSSR count). The summed E-state index contributed by atoms with van der Waals surface area (Å²) in [5.74, 6) is -9.94. The number of unbranched alkanes of at least 4 members (excludes halogenated alkanes) is 4. The van der Waals surface area contributed by atoms with Crippen molar-refractivity contribution in [1.29, 1.82) is 0 Å². The number of hydrogen-bond acceptors (Lipinski definition) is 11. The van der Waals surface area contributed by atoms with E-state index in [2.05, 4.69) is 51.1 Å². The van der Waals surface area contributed by atoms with Gasteiger partial charge in [0.05, 0.1) is 12.8 Å². The fourth-order valence-corrected chi connectivity index (χ4v) is 8.02. The minimum atomic E-state index is -1.72. The Bertz CT molecular complexity index is 1750. The summed E-state index contributed by atoms with van der Waals surface area (Å²) in [4.78, 5) is 136. The number of hydrogen-bond donors (Lipinski definition) is 9. The van der Waals surface area contributed by atoms with Crippen LogP contribution in [0.25, 0.3) is 0 Å². The molecule has 400 valence electrons. The number of aliphatic carboxylic acids is 1. The summed E-state index contributed by atoms with van der Waals surface area (Å²) in [6.07, 6.45) is 3.03. The molecule has 0 saturated carbocycles. The van der Waals surface area contributed by atoms with Gasteiger partial charge >= 0.3 is 11.9 Å². The van der Waals surface area contributed by atoms with Crippen molar-refractivity contribution in [2.45, 2.75) is 221 Å². The van der Waals surface area contributed by atoms with Gasteiger partial charge in [0.2, 0.25) is 47.3 Å². The highest BCUT2D eigenvalue weighted by Gasteiger charge is 2.37. The molecule has 0 aromatic heterocycles. The van der Waals surface area contributed by atoms with Crippen LogP contribution in [-0.2, 0) is 52.7 Å². The second-order valence-electron chi connectivity index (χ2n) is 21.3. The fourth-order valence-electron chi connectivity index (χ4n) is 8.02. The van der Waals surface area contributed by atoms with Gasteiger partial charge in [0.1, 0.15) is 48.4 Å². The number of esters is 1. The van der Waals surface area contributed by atoms with Crippen molar-refractivity contribution >= 4 is 59.2 Å². The van der Waals surface area contributed by atoms with Gasteiger partial charge in [0, 0.05) is 6.42 Å². The number of carboxylic acids is 1. The zero-order valence-electron chi connectivity index (χ0n) is 44.0. The molecule has 0 bridgehead atoms. The van der Waals surface area contributed by atoms with Gasteiger partial charge in [-0.05, 0) is 74.0 Å². The Labute approximate surface area is 415 Å². The van der Waals surface area contributed by atoms with Gasteiger partial charge in [-0.3, -0.25) is 43.2 Å². The van der Waals surface area contributed by atoms with E-state index in [4.69, 9.17) is 10.5 Å². The Kier molecular flexibility index (Phi) is 28.5. The number of carbonyl (C=O) groups excluding carboxylic acids is 9. The molecule has 70 heavy (non-hydrogen) atoms. The molecule has 20 nitrogen and oxygen atoms in total. The summed E-state index contributed by atoms with van der Waals surface area (Å²) in [6, 6.07) is -9.50. The average Bonchev–Trinajstić information content (AvgIpc) is 3.22. The number of cyclic esters (lactones) is 1. The van der Waals surface area contributed by atoms with Gasteiger partial charge in [-0.1, -0.05) is 115 Å². The van der Waals surface area contributed by atoms with Crippen LogP contribution >= 0.6 is 0 Å². The first-order valence-corrected chi connectivity index (χ1v) is 25.4. The number of amides is 8. The van der Waals surface area contributed by atoms with Crippen molar-refractivity contribution in [3.63, 3.8) is 0 Å². The van der Waals surface area contributed by atoms with Crippen LogP contribution in [0.1, 0.15) is 173 Å². The number of carbonyl (C=O) groups is 10. The van der Waals surface area contributed by atoms with Gasteiger partial charge in [0.15, 0.2) is 0 Å². The topological polar surface area (TPSA) is 310 Å². The van der Waals surface area contributed by atoms with Crippen molar-refractivity contribution in [2.75, 3.05) is 0 Å². The first kappa shape index (κ1) is 62.7. The maximum Gasteiger partial charge on any atom is 0.329 e. The van der Waals surface area contributed by atoms with Crippen molar-refractivity contribution in [1.82, 2.24) is 37.2 Å². The summed E-state index contributed by atoms with van der Waals surface area (Å²) >= 11 is 0.